The van der Waals surface area contributed by atoms with E-state index in [4.69, 9.17) is 4.42 Å². The van der Waals surface area contributed by atoms with Crippen LogP contribution < -0.4 is 0 Å². The van der Waals surface area contributed by atoms with Crippen LogP contribution in [0.5, 0.6) is 0 Å². The van der Waals surface area contributed by atoms with Crippen LogP contribution >= 0.6 is 0 Å². The summed E-state index contributed by atoms with van der Waals surface area (Å²) in [6, 6.07) is 16.8. The number of nitrogens with zero attached hydrogens (tertiary/aromatic N) is 3. The Morgan fingerprint density at radius 3 is 2.75 bits per heavy atom. The van der Waals surface area contributed by atoms with Crippen molar-refractivity contribution in [3.05, 3.63) is 84.6 Å². The Morgan fingerprint density at radius 1 is 1.08 bits per heavy atom. The minimum absolute atomic E-state index is 0.132. The summed E-state index contributed by atoms with van der Waals surface area (Å²) in [4.78, 5) is 17.0. The summed E-state index contributed by atoms with van der Waals surface area (Å²) < 4.78 is 6.81. The number of aromatic nitrogens is 3. The van der Waals surface area contributed by atoms with Crippen LogP contribution in [-0.4, -0.2) is 20.5 Å². The molecule has 0 saturated heterocycles. The van der Waals surface area contributed by atoms with E-state index in [-0.39, 0.29) is 5.78 Å². The third-order valence-electron chi connectivity index (χ3n) is 3.72. The Bertz CT molecular complexity index is 1020. The number of furan rings is 1. The molecule has 0 amide bonds. The number of carbonyl (C=O) groups is 1. The fourth-order valence-corrected chi connectivity index (χ4v) is 2.53. The van der Waals surface area contributed by atoms with Crippen molar-refractivity contribution in [3.63, 3.8) is 0 Å². The first-order valence-electron chi connectivity index (χ1n) is 7.45. The lowest BCUT2D eigenvalue weighted by Gasteiger charge is -2.07. The predicted molar refractivity (Wildman–Crippen MR) is 91.2 cm³/mol. The lowest BCUT2D eigenvalue weighted by atomic mass is 10.0. The molecule has 4 aromatic rings. The van der Waals surface area contributed by atoms with E-state index < -0.39 is 0 Å². The first kappa shape index (κ1) is 14.1. The number of benzene rings is 2. The Kier molecular flexibility index (Phi) is 3.51. The number of carbonyl (C=O) groups excluding carboxylic acids is 1. The van der Waals surface area contributed by atoms with Crippen molar-refractivity contribution in [2.75, 3.05) is 0 Å². The molecule has 0 N–H and O–H groups in total. The van der Waals surface area contributed by atoms with Gasteiger partial charge >= 0.3 is 0 Å². The number of fused-ring (bicyclic) bond motifs is 1. The second-order valence-electron chi connectivity index (χ2n) is 5.28. The van der Waals surface area contributed by atoms with Gasteiger partial charge in [-0.25, -0.2) is 9.67 Å². The van der Waals surface area contributed by atoms with Crippen LogP contribution in [0.3, 0.4) is 0 Å². The second kappa shape index (κ2) is 5.96. The summed E-state index contributed by atoms with van der Waals surface area (Å²) in [7, 11) is 0. The van der Waals surface area contributed by atoms with Crippen molar-refractivity contribution in [3.8, 4) is 0 Å². The normalized spacial score (nSPS) is 11.8. The Balaban J connectivity index is 1.81. The number of hydrogen-bond donors (Lipinski definition) is 0. The van der Waals surface area contributed by atoms with Gasteiger partial charge < -0.3 is 4.42 Å². The molecule has 0 aliphatic rings. The minimum Gasteiger partial charge on any atom is -0.464 e. The van der Waals surface area contributed by atoms with E-state index >= 15 is 0 Å². The third kappa shape index (κ3) is 2.63. The molecule has 0 radical (unpaired) electrons. The van der Waals surface area contributed by atoms with Crippen LogP contribution in [0.2, 0.25) is 0 Å². The lowest BCUT2D eigenvalue weighted by molar-refractivity contribution is 0.105. The first-order chi connectivity index (χ1) is 11.8. The van der Waals surface area contributed by atoms with E-state index in [2.05, 4.69) is 10.1 Å². The Hall–Kier alpha value is -3.47. The van der Waals surface area contributed by atoms with Crippen molar-refractivity contribution in [2.24, 2.45) is 0 Å². The molecule has 0 saturated carbocycles. The highest BCUT2D eigenvalue weighted by Crippen LogP contribution is 2.21. The Labute approximate surface area is 137 Å². The van der Waals surface area contributed by atoms with E-state index in [1.807, 2.05) is 42.5 Å². The van der Waals surface area contributed by atoms with Gasteiger partial charge in [0.2, 0.25) is 5.78 Å². The van der Waals surface area contributed by atoms with Crippen molar-refractivity contribution in [2.45, 2.75) is 0 Å². The van der Waals surface area contributed by atoms with E-state index in [1.165, 1.54) is 17.3 Å². The number of allylic oxidation sites excluding steroid dienone is 1. The molecule has 0 fully saturated rings. The molecule has 0 unspecified atom stereocenters. The van der Waals surface area contributed by atoms with Gasteiger partial charge in [-0.15, -0.1) is 0 Å². The standard InChI is InChI=1S/C19H13N3O2/c23-19(16-6-7-18-15(11-16)8-9-24-18)17(22-13-20-12-21-22)10-14-4-2-1-3-5-14/h1-13H. The number of rotatable bonds is 4. The summed E-state index contributed by atoms with van der Waals surface area (Å²) in [5.74, 6) is -0.132. The van der Waals surface area contributed by atoms with Crippen LogP contribution in [0.15, 0.2) is 77.9 Å². The maximum absolute atomic E-state index is 13.0. The predicted octanol–water partition coefficient (Wildman–Crippen LogP) is 3.91. The molecule has 0 atom stereocenters. The fraction of sp³-hybridized carbons (Fsp3) is 0. The molecule has 2 aromatic heterocycles. The van der Waals surface area contributed by atoms with Gasteiger partial charge in [-0.3, -0.25) is 4.79 Å². The van der Waals surface area contributed by atoms with E-state index in [1.54, 1.807) is 24.5 Å². The Morgan fingerprint density at radius 2 is 1.96 bits per heavy atom. The van der Waals surface area contributed by atoms with Crippen LogP contribution in [0.25, 0.3) is 22.7 Å². The molecule has 0 bridgehead atoms. The van der Waals surface area contributed by atoms with E-state index in [9.17, 15) is 4.79 Å². The molecule has 4 rings (SSSR count). The number of hydrogen-bond acceptors (Lipinski definition) is 4. The smallest absolute Gasteiger partial charge is 0.211 e. The van der Waals surface area contributed by atoms with Crippen LogP contribution in [0.1, 0.15) is 15.9 Å². The molecule has 116 valence electrons. The summed E-state index contributed by atoms with van der Waals surface area (Å²) in [6.45, 7) is 0. The quantitative estimate of drug-likeness (QED) is 0.423. The molecule has 0 aliphatic heterocycles. The summed E-state index contributed by atoms with van der Waals surface area (Å²) >= 11 is 0. The van der Waals surface area contributed by atoms with Gasteiger partial charge in [0.1, 0.15) is 23.9 Å². The molecule has 24 heavy (non-hydrogen) atoms. The van der Waals surface area contributed by atoms with Crippen molar-refractivity contribution >= 4 is 28.5 Å². The zero-order valence-corrected chi connectivity index (χ0v) is 12.7. The van der Waals surface area contributed by atoms with Gasteiger partial charge in [0.05, 0.1) is 6.26 Å². The molecule has 0 spiro atoms. The molecule has 2 aromatic carbocycles. The molecule has 0 aliphatic carbocycles. The van der Waals surface area contributed by atoms with Gasteiger partial charge in [-0.1, -0.05) is 30.3 Å². The van der Waals surface area contributed by atoms with Crippen LogP contribution in [-0.2, 0) is 0 Å². The van der Waals surface area contributed by atoms with E-state index in [0.29, 0.717) is 11.3 Å². The summed E-state index contributed by atoms with van der Waals surface area (Å²) in [5.41, 5.74) is 2.67. The number of Topliss-reactive ketones (excluding diaryl/α,β-unsaturated/α-hetero) is 1. The highest BCUT2D eigenvalue weighted by molar-refractivity contribution is 6.28. The molecule has 5 heteroatoms. The number of ketones is 1. The molecular formula is C19H13N3O2. The van der Waals surface area contributed by atoms with Crippen molar-refractivity contribution in [1.29, 1.82) is 0 Å². The second-order valence-corrected chi connectivity index (χ2v) is 5.28. The summed E-state index contributed by atoms with van der Waals surface area (Å²) in [5, 5.41) is 5.00. The SMILES string of the molecule is O=C(C(=Cc1ccccc1)n1cncn1)c1ccc2occc2c1. The minimum atomic E-state index is -0.132. The highest BCUT2D eigenvalue weighted by Gasteiger charge is 2.16. The lowest BCUT2D eigenvalue weighted by Crippen LogP contribution is -2.10. The summed E-state index contributed by atoms with van der Waals surface area (Å²) in [6.07, 6.45) is 6.34. The third-order valence-corrected chi connectivity index (χ3v) is 3.72. The monoisotopic (exact) mass is 315 g/mol. The zero-order valence-electron chi connectivity index (χ0n) is 12.7. The van der Waals surface area contributed by atoms with Crippen LogP contribution in [0, 0.1) is 0 Å². The van der Waals surface area contributed by atoms with Gasteiger partial charge in [-0.05, 0) is 35.9 Å². The van der Waals surface area contributed by atoms with Gasteiger partial charge in [-0.2, -0.15) is 5.10 Å². The van der Waals surface area contributed by atoms with E-state index in [0.717, 1.165) is 16.5 Å². The molecule has 5 nitrogen and oxygen atoms in total. The topological polar surface area (TPSA) is 60.9 Å². The maximum atomic E-state index is 13.0. The fourth-order valence-electron chi connectivity index (χ4n) is 2.53. The average molecular weight is 315 g/mol. The average Bonchev–Trinajstić information content (AvgIpc) is 3.30. The van der Waals surface area contributed by atoms with Crippen LogP contribution in [0.4, 0.5) is 0 Å². The van der Waals surface area contributed by atoms with Gasteiger partial charge in [0.15, 0.2) is 0 Å². The van der Waals surface area contributed by atoms with Gasteiger partial charge in [0, 0.05) is 10.9 Å². The highest BCUT2D eigenvalue weighted by atomic mass is 16.3. The largest absolute Gasteiger partial charge is 0.464 e. The first-order valence-corrected chi connectivity index (χ1v) is 7.45. The van der Waals surface area contributed by atoms with Gasteiger partial charge in [0.25, 0.3) is 0 Å². The molecular weight excluding hydrogens is 302 g/mol. The maximum Gasteiger partial charge on any atom is 0.211 e. The molecule has 2 heterocycles. The van der Waals surface area contributed by atoms with Crippen molar-refractivity contribution < 1.29 is 9.21 Å². The zero-order chi connectivity index (χ0) is 16.4. The van der Waals surface area contributed by atoms with Crippen molar-refractivity contribution in [1.82, 2.24) is 14.8 Å².